The van der Waals surface area contributed by atoms with E-state index >= 15 is 0 Å². The first-order valence-corrected chi connectivity index (χ1v) is 9.02. The van der Waals surface area contributed by atoms with Crippen LogP contribution in [0.4, 0.5) is 0 Å². The van der Waals surface area contributed by atoms with Gasteiger partial charge in [0.2, 0.25) is 10.0 Å². The summed E-state index contributed by atoms with van der Waals surface area (Å²) in [6.07, 6.45) is 0.599. The summed E-state index contributed by atoms with van der Waals surface area (Å²) in [5, 5.41) is 5.97. The van der Waals surface area contributed by atoms with E-state index in [0.29, 0.717) is 13.0 Å². The zero-order valence-electron chi connectivity index (χ0n) is 12.1. The van der Waals surface area contributed by atoms with Crippen molar-refractivity contribution in [2.45, 2.75) is 24.8 Å². The molecule has 0 unspecified atom stereocenters. The fourth-order valence-corrected chi connectivity index (χ4v) is 3.59. The lowest BCUT2D eigenvalue weighted by Crippen LogP contribution is -2.26. The minimum atomic E-state index is -3.45. The number of nitrogens with zero attached hydrogens (tertiary/aromatic N) is 1. The van der Waals surface area contributed by atoms with Crippen molar-refractivity contribution in [1.29, 1.82) is 0 Å². The molecule has 0 saturated heterocycles. The number of thiazole rings is 1. The number of aromatic nitrogens is 1. The van der Waals surface area contributed by atoms with E-state index in [4.69, 9.17) is 0 Å². The number of benzene rings is 1. The number of nitrogens with one attached hydrogen (secondary N) is 2. The fourth-order valence-electron chi connectivity index (χ4n) is 1.91. The molecule has 0 aliphatic carbocycles. The van der Waals surface area contributed by atoms with Crippen LogP contribution in [0.15, 0.2) is 34.5 Å². The summed E-state index contributed by atoms with van der Waals surface area (Å²) >= 11 is 1.57. The molecular weight excluding hydrogens is 306 g/mol. The molecule has 0 spiro atoms. The van der Waals surface area contributed by atoms with E-state index in [2.05, 4.69) is 15.0 Å². The minimum Gasteiger partial charge on any atom is -0.316 e. The molecule has 1 aromatic heterocycles. The number of sulfonamides is 1. The van der Waals surface area contributed by atoms with Gasteiger partial charge in [0.25, 0.3) is 0 Å². The first-order valence-electron chi connectivity index (χ1n) is 6.65. The summed E-state index contributed by atoms with van der Waals surface area (Å²) in [6.45, 7) is 3.01. The van der Waals surface area contributed by atoms with E-state index < -0.39 is 10.0 Å². The van der Waals surface area contributed by atoms with Crippen LogP contribution in [0.5, 0.6) is 0 Å². The predicted octanol–water partition coefficient (Wildman–Crippen LogP) is 1.69. The molecule has 0 aliphatic heterocycles. The van der Waals surface area contributed by atoms with Gasteiger partial charge in [-0.25, -0.2) is 18.1 Å². The zero-order valence-corrected chi connectivity index (χ0v) is 13.7. The van der Waals surface area contributed by atoms with Crippen molar-refractivity contribution in [2.24, 2.45) is 0 Å². The molecule has 0 fully saturated rings. The lowest BCUT2D eigenvalue weighted by atomic mass is 10.2. The first-order chi connectivity index (χ1) is 10.0. The average molecular weight is 325 g/mol. The van der Waals surface area contributed by atoms with E-state index in [1.165, 1.54) is 0 Å². The maximum Gasteiger partial charge on any atom is 0.240 e. The van der Waals surface area contributed by atoms with E-state index in [0.717, 1.165) is 22.8 Å². The van der Waals surface area contributed by atoms with Crippen LogP contribution in [0, 0.1) is 6.92 Å². The Bertz CT molecular complexity index is 678. The highest BCUT2D eigenvalue weighted by atomic mass is 32.2. The molecule has 114 valence electrons. The number of rotatable bonds is 7. The molecule has 7 heteroatoms. The van der Waals surface area contributed by atoms with Gasteiger partial charge in [0, 0.05) is 24.9 Å². The van der Waals surface area contributed by atoms with Crippen LogP contribution in [0.3, 0.4) is 0 Å². The molecule has 1 heterocycles. The highest BCUT2D eigenvalue weighted by molar-refractivity contribution is 7.89. The Morgan fingerprint density at radius 1 is 1.24 bits per heavy atom. The Balaban J connectivity index is 1.94. The van der Waals surface area contributed by atoms with Crippen molar-refractivity contribution in [1.82, 2.24) is 15.0 Å². The van der Waals surface area contributed by atoms with Crippen molar-refractivity contribution >= 4 is 21.4 Å². The maximum atomic E-state index is 12.2. The van der Waals surface area contributed by atoms with Crippen molar-refractivity contribution < 1.29 is 8.42 Å². The summed E-state index contributed by atoms with van der Waals surface area (Å²) in [4.78, 5) is 4.60. The number of aryl methyl sites for hydroxylation is 1. The summed E-state index contributed by atoms with van der Waals surface area (Å²) in [6, 6.07) is 6.88. The van der Waals surface area contributed by atoms with Gasteiger partial charge in [0.1, 0.15) is 0 Å². The second-order valence-corrected chi connectivity index (χ2v) is 7.51. The summed E-state index contributed by atoms with van der Waals surface area (Å²) in [5.74, 6) is 0. The fraction of sp³-hybridized carbons (Fsp3) is 0.357. The van der Waals surface area contributed by atoms with Crippen LogP contribution in [-0.4, -0.2) is 27.0 Å². The van der Waals surface area contributed by atoms with Gasteiger partial charge in [0.15, 0.2) is 0 Å². The van der Waals surface area contributed by atoms with E-state index in [1.54, 1.807) is 23.5 Å². The SMILES string of the molecule is CNCc1ccc(S(=O)(=O)NCCc2csc(C)n2)cc1. The van der Waals surface area contributed by atoms with E-state index in [-0.39, 0.29) is 4.90 Å². The quantitative estimate of drug-likeness (QED) is 0.813. The smallest absolute Gasteiger partial charge is 0.240 e. The topological polar surface area (TPSA) is 71.1 Å². The third-order valence-electron chi connectivity index (χ3n) is 2.95. The van der Waals surface area contributed by atoms with Crippen molar-refractivity contribution in [3.8, 4) is 0 Å². The molecule has 2 rings (SSSR count). The summed E-state index contributed by atoms with van der Waals surface area (Å²) in [5.41, 5.74) is 1.97. The second kappa shape index (κ2) is 7.13. The molecule has 0 radical (unpaired) electrons. The van der Waals surface area contributed by atoms with Gasteiger partial charge in [-0.2, -0.15) is 0 Å². The third-order valence-corrected chi connectivity index (χ3v) is 5.25. The second-order valence-electron chi connectivity index (χ2n) is 4.68. The predicted molar refractivity (Wildman–Crippen MR) is 84.9 cm³/mol. The summed E-state index contributed by atoms with van der Waals surface area (Å²) in [7, 11) is -1.60. The maximum absolute atomic E-state index is 12.2. The first kappa shape index (κ1) is 16.1. The Kier molecular flexibility index (Phi) is 5.46. The normalized spacial score (nSPS) is 11.7. The van der Waals surface area contributed by atoms with Gasteiger partial charge < -0.3 is 5.32 Å². The van der Waals surface area contributed by atoms with Gasteiger partial charge in [-0.05, 0) is 31.7 Å². The molecule has 21 heavy (non-hydrogen) atoms. The lowest BCUT2D eigenvalue weighted by Gasteiger charge is -2.07. The lowest BCUT2D eigenvalue weighted by molar-refractivity contribution is 0.581. The Morgan fingerprint density at radius 3 is 2.52 bits per heavy atom. The average Bonchev–Trinajstić information content (AvgIpc) is 2.85. The molecule has 0 amide bonds. The zero-order chi connectivity index (χ0) is 15.3. The molecule has 1 aromatic carbocycles. The van der Waals surface area contributed by atoms with Crippen LogP contribution >= 0.6 is 11.3 Å². The Morgan fingerprint density at radius 2 is 1.95 bits per heavy atom. The number of hydrogen-bond donors (Lipinski definition) is 2. The van der Waals surface area contributed by atoms with Crippen molar-refractivity contribution in [3.63, 3.8) is 0 Å². The van der Waals surface area contributed by atoms with Crippen molar-refractivity contribution in [3.05, 3.63) is 45.9 Å². The standard InChI is InChI=1S/C14H19N3O2S2/c1-11-17-13(10-20-11)7-8-16-21(18,19)14-5-3-12(4-6-14)9-15-2/h3-6,10,15-16H,7-9H2,1-2H3. The highest BCUT2D eigenvalue weighted by Gasteiger charge is 2.13. The highest BCUT2D eigenvalue weighted by Crippen LogP contribution is 2.11. The minimum absolute atomic E-state index is 0.289. The Hall–Kier alpha value is -1.28. The van der Waals surface area contributed by atoms with Gasteiger partial charge in [0.05, 0.1) is 15.6 Å². The van der Waals surface area contributed by atoms with Gasteiger partial charge in [-0.15, -0.1) is 11.3 Å². The number of hydrogen-bond acceptors (Lipinski definition) is 5. The van der Waals surface area contributed by atoms with E-state index in [1.807, 2.05) is 31.5 Å². The van der Waals surface area contributed by atoms with Crippen LogP contribution in [0.25, 0.3) is 0 Å². The molecule has 0 saturated carbocycles. The van der Waals surface area contributed by atoms with Gasteiger partial charge in [-0.3, -0.25) is 0 Å². The molecule has 0 bridgehead atoms. The van der Waals surface area contributed by atoms with Crippen LogP contribution < -0.4 is 10.0 Å². The molecule has 0 aliphatic rings. The molecular formula is C14H19N3O2S2. The molecule has 0 atom stereocenters. The molecule has 2 aromatic rings. The van der Waals surface area contributed by atoms with Gasteiger partial charge in [-0.1, -0.05) is 12.1 Å². The monoisotopic (exact) mass is 325 g/mol. The summed E-state index contributed by atoms with van der Waals surface area (Å²) < 4.78 is 26.9. The largest absolute Gasteiger partial charge is 0.316 e. The van der Waals surface area contributed by atoms with Crippen LogP contribution in [0.1, 0.15) is 16.3 Å². The third kappa shape index (κ3) is 4.60. The molecule has 5 nitrogen and oxygen atoms in total. The van der Waals surface area contributed by atoms with Crippen molar-refractivity contribution in [2.75, 3.05) is 13.6 Å². The van der Waals surface area contributed by atoms with Gasteiger partial charge >= 0.3 is 0 Å². The van der Waals surface area contributed by atoms with E-state index in [9.17, 15) is 8.42 Å². The molecule has 2 N–H and O–H groups in total. The Labute approximate surface area is 129 Å². The van der Waals surface area contributed by atoms with Crippen LogP contribution in [0.2, 0.25) is 0 Å². The van der Waals surface area contributed by atoms with Crippen LogP contribution in [-0.2, 0) is 23.0 Å².